The summed E-state index contributed by atoms with van der Waals surface area (Å²) < 4.78 is 0.978. The molecule has 0 bridgehead atoms. The first-order valence-electron chi connectivity index (χ1n) is 6.03. The molecule has 0 aromatic carbocycles. The third kappa shape index (κ3) is 1.97. The first kappa shape index (κ1) is 11.6. The number of nitrogens with one attached hydrogen (secondary N) is 1. The van der Waals surface area contributed by atoms with Crippen molar-refractivity contribution in [3.63, 3.8) is 0 Å². The van der Waals surface area contributed by atoms with Gasteiger partial charge in [0.25, 0.3) is 5.91 Å². The van der Waals surface area contributed by atoms with Crippen molar-refractivity contribution < 1.29 is 4.79 Å². The molecule has 0 aliphatic carbocycles. The van der Waals surface area contributed by atoms with Gasteiger partial charge in [-0.25, -0.2) is 9.97 Å². The van der Waals surface area contributed by atoms with Gasteiger partial charge in [-0.1, -0.05) is 6.42 Å². The van der Waals surface area contributed by atoms with Crippen LogP contribution in [0.2, 0.25) is 0 Å². The number of primary amides is 1. The van der Waals surface area contributed by atoms with Gasteiger partial charge in [-0.2, -0.15) is 0 Å². The van der Waals surface area contributed by atoms with Crippen LogP contribution < -0.4 is 11.1 Å². The zero-order chi connectivity index (χ0) is 12.5. The molecular weight excluding hydrogens is 248 g/mol. The van der Waals surface area contributed by atoms with Crippen LogP contribution in [-0.4, -0.2) is 22.4 Å². The lowest BCUT2D eigenvalue weighted by Gasteiger charge is -2.22. The van der Waals surface area contributed by atoms with Gasteiger partial charge in [0, 0.05) is 0 Å². The molecule has 1 aliphatic heterocycles. The van der Waals surface area contributed by atoms with Crippen LogP contribution in [0, 0.1) is 0 Å². The van der Waals surface area contributed by atoms with Crippen LogP contribution in [0.25, 0.3) is 10.2 Å². The van der Waals surface area contributed by atoms with Crippen molar-refractivity contribution in [1.82, 2.24) is 15.3 Å². The molecule has 2 aromatic rings. The van der Waals surface area contributed by atoms with E-state index in [1.165, 1.54) is 24.2 Å². The van der Waals surface area contributed by atoms with E-state index in [1.807, 2.05) is 0 Å². The standard InChI is InChI=1S/C12H14N4OS/c13-12(17)9-5-8-11(18-9)10(16-6-15-8)7-3-1-2-4-14-7/h5-7,14H,1-4H2,(H2,13,17). The van der Waals surface area contributed by atoms with E-state index < -0.39 is 5.91 Å². The summed E-state index contributed by atoms with van der Waals surface area (Å²) >= 11 is 1.39. The molecular formula is C12H14N4OS. The molecule has 94 valence electrons. The van der Waals surface area contributed by atoms with Gasteiger partial charge >= 0.3 is 0 Å². The summed E-state index contributed by atoms with van der Waals surface area (Å²) in [6, 6.07) is 2.01. The third-order valence-corrected chi connectivity index (χ3v) is 4.38. The van der Waals surface area contributed by atoms with Crippen LogP contribution in [0.4, 0.5) is 0 Å². The number of nitrogens with zero attached hydrogens (tertiary/aromatic N) is 2. The number of carbonyl (C=O) groups is 1. The van der Waals surface area contributed by atoms with Gasteiger partial charge in [0.2, 0.25) is 0 Å². The van der Waals surface area contributed by atoms with E-state index >= 15 is 0 Å². The van der Waals surface area contributed by atoms with Crippen LogP contribution in [0.15, 0.2) is 12.4 Å². The number of nitrogens with two attached hydrogens (primary N) is 1. The first-order chi connectivity index (χ1) is 8.75. The molecule has 18 heavy (non-hydrogen) atoms. The minimum atomic E-state index is -0.402. The van der Waals surface area contributed by atoms with Crippen molar-refractivity contribution in [3.8, 4) is 0 Å². The fourth-order valence-electron chi connectivity index (χ4n) is 2.33. The second kappa shape index (κ2) is 4.62. The maximum Gasteiger partial charge on any atom is 0.258 e. The Kier molecular flexibility index (Phi) is 2.97. The number of piperidine rings is 1. The Hall–Kier alpha value is -1.53. The fraction of sp³-hybridized carbons (Fsp3) is 0.417. The van der Waals surface area contributed by atoms with E-state index in [0.717, 1.165) is 28.9 Å². The number of thiophene rings is 1. The summed E-state index contributed by atoms with van der Waals surface area (Å²) in [6.45, 7) is 1.02. The van der Waals surface area contributed by atoms with E-state index in [1.54, 1.807) is 12.4 Å². The quantitative estimate of drug-likeness (QED) is 0.861. The maximum atomic E-state index is 11.2. The zero-order valence-corrected chi connectivity index (χ0v) is 10.7. The average Bonchev–Trinajstić information content (AvgIpc) is 2.83. The van der Waals surface area contributed by atoms with Crippen LogP contribution in [0.3, 0.4) is 0 Å². The van der Waals surface area contributed by atoms with Gasteiger partial charge in [0.1, 0.15) is 6.33 Å². The Morgan fingerprint density at radius 3 is 3.06 bits per heavy atom. The lowest BCUT2D eigenvalue weighted by Crippen LogP contribution is -2.27. The van der Waals surface area contributed by atoms with E-state index in [2.05, 4.69) is 15.3 Å². The number of fused-ring (bicyclic) bond motifs is 1. The van der Waals surface area contributed by atoms with Crippen LogP contribution >= 0.6 is 11.3 Å². The van der Waals surface area contributed by atoms with E-state index in [9.17, 15) is 4.79 Å². The number of carbonyl (C=O) groups excluding carboxylic acids is 1. The molecule has 0 saturated carbocycles. The average molecular weight is 262 g/mol. The molecule has 3 N–H and O–H groups in total. The molecule has 1 fully saturated rings. The minimum Gasteiger partial charge on any atom is -0.365 e. The number of hydrogen-bond donors (Lipinski definition) is 2. The van der Waals surface area contributed by atoms with Gasteiger partial charge in [-0.05, 0) is 25.5 Å². The van der Waals surface area contributed by atoms with Gasteiger partial charge in [-0.3, -0.25) is 4.79 Å². The first-order valence-corrected chi connectivity index (χ1v) is 6.85. The highest BCUT2D eigenvalue weighted by Crippen LogP contribution is 2.32. The number of hydrogen-bond acceptors (Lipinski definition) is 5. The number of aromatic nitrogens is 2. The Balaban J connectivity index is 2.07. The van der Waals surface area contributed by atoms with Gasteiger partial charge in [0.15, 0.2) is 0 Å². The number of amides is 1. The smallest absolute Gasteiger partial charge is 0.258 e. The minimum absolute atomic E-state index is 0.267. The molecule has 6 heteroatoms. The van der Waals surface area contributed by atoms with Crippen LogP contribution in [0.5, 0.6) is 0 Å². The Morgan fingerprint density at radius 2 is 2.33 bits per heavy atom. The number of rotatable bonds is 2. The third-order valence-electron chi connectivity index (χ3n) is 3.22. The molecule has 1 unspecified atom stereocenters. The zero-order valence-electron chi connectivity index (χ0n) is 9.85. The monoisotopic (exact) mass is 262 g/mol. The molecule has 0 spiro atoms. The topological polar surface area (TPSA) is 80.9 Å². The van der Waals surface area contributed by atoms with Crippen molar-refractivity contribution in [1.29, 1.82) is 0 Å². The van der Waals surface area contributed by atoms with Gasteiger partial charge in [-0.15, -0.1) is 11.3 Å². The summed E-state index contributed by atoms with van der Waals surface area (Å²) in [5, 5.41) is 3.47. The lowest BCUT2D eigenvalue weighted by atomic mass is 10.0. The van der Waals surface area contributed by atoms with E-state index in [0.29, 0.717) is 4.88 Å². The van der Waals surface area contributed by atoms with Gasteiger partial charge in [0.05, 0.1) is 26.8 Å². The Bertz CT molecular complexity index is 589. The molecule has 5 nitrogen and oxygen atoms in total. The predicted molar refractivity (Wildman–Crippen MR) is 70.5 cm³/mol. The van der Waals surface area contributed by atoms with Gasteiger partial charge < -0.3 is 11.1 Å². The molecule has 1 amide bonds. The second-order valence-corrected chi connectivity index (χ2v) is 5.50. The van der Waals surface area contributed by atoms with Crippen molar-refractivity contribution in [2.45, 2.75) is 25.3 Å². The Morgan fingerprint density at radius 1 is 1.44 bits per heavy atom. The normalized spacial score (nSPS) is 20.1. The van der Waals surface area contributed by atoms with Crippen LogP contribution in [-0.2, 0) is 0 Å². The summed E-state index contributed by atoms with van der Waals surface area (Å²) in [4.78, 5) is 20.4. The summed E-state index contributed by atoms with van der Waals surface area (Å²) in [6.07, 6.45) is 5.06. The fourth-order valence-corrected chi connectivity index (χ4v) is 3.33. The maximum absolute atomic E-state index is 11.2. The lowest BCUT2D eigenvalue weighted by molar-refractivity contribution is 0.100. The Labute approximate surface area is 108 Å². The van der Waals surface area contributed by atoms with Crippen molar-refractivity contribution >= 4 is 27.5 Å². The summed E-state index contributed by atoms with van der Waals surface area (Å²) in [7, 11) is 0. The van der Waals surface area contributed by atoms with E-state index in [-0.39, 0.29) is 6.04 Å². The van der Waals surface area contributed by atoms with Crippen LogP contribution in [0.1, 0.15) is 40.7 Å². The van der Waals surface area contributed by atoms with E-state index in [4.69, 9.17) is 5.73 Å². The molecule has 1 atom stereocenters. The highest BCUT2D eigenvalue weighted by Gasteiger charge is 2.20. The SMILES string of the molecule is NC(=O)c1cc2ncnc(C3CCCCN3)c2s1. The highest BCUT2D eigenvalue weighted by molar-refractivity contribution is 7.20. The molecule has 1 aliphatic rings. The molecule has 1 saturated heterocycles. The summed E-state index contributed by atoms with van der Waals surface area (Å²) in [5.74, 6) is -0.402. The second-order valence-electron chi connectivity index (χ2n) is 4.45. The largest absolute Gasteiger partial charge is 0.365 e. The van der Waals surface area contributed by atoms with Crippen molar-refractivity contribution in [2.24, 2.45) is 5.73 Å². The molecule has 2 aromatic heterocycles. The summed E-state index contributed by atoms with van der Waals surface area (Å²) in [5.41, 5.74) is 7.12. The predicted octanol–water partition coefficient (Wildman–Crippen LogP) is 1.60. The highest BCUT2D eigenvalue weighted by atomic mass is 32.1. The molecule has 0 radical (unpaired) electrons. The van der Waals surface area contributed by atoms with Crippen molar-refractivity contribution in [2.75, 3.05) is 6.54 Å². The molecule has 3 rings (SSSR count). The molecule has 3 heterocycles. The van der Waals surface area contributed by atoms with Crippen molar-refractivity contribution in [3.05, 3.63) is 23.0 Å².